The summed E-state index contributed by atoms with van der Waals surface area (Å²) in [7, 11) is -3.52. The minimum Gasteiger partial charge on any atom is -0.355 e. The Morgan fingerprint density at radius 2 is 1.89 bits per heavy atom. The number of aryl methyl sites for hydroxylation is 1. The van der Waals surface area contributed by atoms with Crippen molar-refractivity contribution in [3.8, 4) is 0 Å². The minimum absolute atomic E-state index is 0.0515. The van der Waals surface area contributed by atoms with Crippen molar-refractivity contribution in [1.82, 2.24) is 5.32 Å². The maximum absolute atomic E-state index is 11.8. The zero-order valence-electron chi connectivity index (χ0n) is 11.2. The Kier molecular flexibility index (Phi) is 5.50. The first-order chi connectivity index (χ1) is 8.78. The molecule has 106 valence electrons. The van der Waals surface area contributed by atoms with Crippen molar-refractivity contribution < 1.29 is 13.2 Å². The van der Waals surface area contributed by atoms with Crippen LogP contribution in [-0.2, 0) is 21.2 Å². The molecule has 0 heterocycles. The lowest BCUT2D eigenvalue weighted by molar-refractivity contribution is -0.124. The molecule has 0 aliphatic rings. The molecule has 0 fully saturated rings. The lowest BCUT2D eigenvalue weighted by atomic mass is 9.99. The highest BCUT2D eigenvalue weighted by Crippen LogP contribution is 2.09. The number of rotatable bonds is 6. The Morgan fingerprint density at radius 3 is 2.42 bits per heavy atom. The molecule has 5 nitrogen and oxygen atoms in total. The van der Waals surface area contributed by atoms with Crippen molar-refractivity contribution in [3.63, 3.8) is 0 Å². The van der Waals surface area contributed by atoms with Crippen LogP contribution in [0.1, 0.15) is 18.1 Å². The largest absolute Gasteiger partial charge is 0.355 e. The first-order valence-corrected chi connectivity index (χ1v) is 7.83. The van der Waals surface area contributed by atoms with Gasteiger partial charge in [-0.2, -0.15) is 0 Å². The van der Waals surface area contributed by atoms with E-state index < -0.39 is 10.0 Å². The van der Waals surface area contributed by atoms with E-state index in [0.29, 0.717) is 6.42 Å². The zero-order valence-corrected chi connectivity index (χ0v) is 12.0. The Balaban J connectivity index is 2.42. The number of amides is 1. The van der Waals surface area contributed by atoms with Crippen LogP contribution in [0.25, 0.3) is 0 Å². The van der Waals surface area contributed by atoms with Crippen molar-refractivity contribution in [1.29, 1.82) is 0 Å². The average molecular weight is 284 g/mol. The highest BCUT2D eigenvalue weighted by Gasteiger charge is 2.13. The first kappa shape index (κ1) is 15.7. The topological polar surface area (TPSA) is 89.3 Å². The summed E-state index contributed by atoms with van der Waals surface area (Å²) in [6.45, 7) is 3.87. The number of benzene rings is 1. The van der Waals surface area contributed by atoms with Gasteiger partial charge in [0.2, 0.25) is 15.9 Å². The Labute approximate surface area is 114 Å². The second kappa shape index (κ2) is 6.68. The van der Waals surface area contributed by atoms with Crippen molar-refractivity contribution in [2.75, 3.05) is 12.3 Å². The second-order valence-electron chi connectivity index (χ2n) is 4.75. The molecular weight excluding hydrogens is 264 g/mol. The van der Waals surface area contributed by atoms with E-state index in [1.54, 1.807) is 0 Å². The van der Waals surface area contributed by atoms with E-state index >= 15 is 0 Å². The summed E-state index contributed by atoms with van der Waals surface area (Å²) in [5, 5.41) is 7.43. The van der Waals surface area contributed by atoms with Gasteiger partial charge >= 0.3 is 0 Å². The molecule has 1 aromatic carbocycles. The number of hydrogen-bond acceptors (Lipinski definition) is 3. The Hall–Kier alpha value is -1.40. The molecule has 0 bridgehead atoms. The number of nitrogens with two attached hydrogens (primary N) is 1. The van der Waals surface area contributed by atoms with Gasteiger partial charge in [-0.15, -0.1) is 0 Å². The van der Waals surface area contributed by atoms with Gasteiger partial charge < -0.3 is 5.32 Å². The minimum atomic E-state index is -3.52. The summed E-state index contributed by atoms with van der Waals surface area (Å²) in [4.78, 5) is 11.8. The third-order valence-electron chi connectivity index (χ3n) is 2.80. The predicted molar refractivity (Wildman–Crippen MR) is 75.0 cm³/mol. The molecule has 0 aliphatic carbocycles. The summed E-state index contributed by atoms with van der Waals surface area (Å²) in [5.41, 5.74) is 2.26. The standard InChI is InChI=1S/C13H20N2O3S/c1-10-3-5-12(6-4-10)9-11(2)13(16)15-7-8-19(14,17)18/h3-6,11H,7-9H2,1-2H3,(H,15,16)(H2,14,17,18)/t11-/m0/s1. The van der Waals surface area contributed by atoms with Crippen LogP contribution in [0.15, 0.2) is 24.3 Å². The molecule has 0 aliphatic heterocycles. The van der Waals surface area contributed by atoms with Crippen LogP contribution < -0.4 is 10.5 Å². The van der Waals surface area contributed by atoms with Gasteiger partial charge in [0.1, 0.15) is 0 Å². The van der Waals surface area contributed by atoms with Crippen molar-refractivity contribution in [2.45, 2.75) is 20.3 Å². The van der Waals surface area contributed by atoms with Gasteiger partial charge in [-0.05, 0) is 18.9 Å². The van der Waals surface area contributed by atoms with Gasteiger partial charge in [0, 0.05) is 12.5 Å². The summed E-state index contributed by atoms with van der Waals surface area (Å²) in [6, 6.07) is 7.98. The van der Waals surface area contributed by atoms with E-state index in [2.05, 4.69) is 5.32 Å². The van der Waals surface area contributed by atoms with Gasteiger partial charge in [-0.25, -0.2) is 13.6 Å². The predicted octanol–water partition coefficient (Wildman–Crippen LogP) is 0.578. The van der Waals surface area contributed by atoms with Gasteiger partial charge in [0.25, 0.3) is 0 Å². The molecule has 0 saturated carbocycles. The van der Waals surface area contributed by atoms with Crippen LogP contribution in [0.4, 0.5) is 0 Å². The SMILES string of the molecule is Cc1ccc(C[C@H](C)C(=O)NCCS(N)(=O)=O)cc1. The van der Waals surface area contributed by atoms with E-state index in [1.807, 2.05) is 38.1 Å². The molecule has 0 unspecified atom stereocenters. The monoisotopic (exact) mass is 284 g/mol. The summed E-state index contributed by atoms with van der Waals surface area (Å²) in [6.07, 6.45) is 0.626. The maximum atomic E-state index is 11.8. The number of carbonyl (C=O) groups is 1. The number of hydrogen-bond donors (Lipinski definition) is 2. The fraction of sp³-hybridized carbons (Fsp3) is 0.462. The molecule has 1 rings (SSSR count). The summed E-state index contributed by atoms with van der Waals surface area (Å²) < 4.78 is 21.5. The van der Waals surface area contributed by atoms with Crippen LogP contribution in [0.3, 0.4) is 0 Å². The van der Waals surface area contributed by atoms with Gasteiger partial charge in [-0.3, -0.25) is 4.79 Å². The summed E-state index contributed by atoms with van der Waals surface area (Å²) >= 11 is 0. The van der Waals surface area contributed by atoms with Gasteiger partial charge in [0.15, 0.2) is 0 Å². The average Bonchev–Trinajstić information content (AvgIpc) is 2.30. The molecular formula is C13H20N2O3S. The molecule has 0 spiro atoms. The molecule has 1 amide bonds. The van der Waals surface area contributed by atoms with E-state index in [0.717, 1.165) is 5.56 Å². The van der Waals surface area contributed by atoms with Crippen LogP contribution >= 0.6 is 0 Å². The molecule has 6 heteroatoms. The smallest absolute Gasteiger partial charge is 0.223 e. The molecule has 1 aromatic rings. The van der Waals surface area contributed by atoms with Crippen molar-refractivity contribution in [2.24, 2.45) is 11.1 Å². The number of primary sulfonamides is 1. The highest BCUT2D eigenvalue weighted by molar-refractivity contribution is 7.89. The van der Waals surface area contributed by atoms with Gasteiger partial charge in [0.05, 0.1) is 5.75 Å². The fourth-order valence-corrected chi connectivity index (χ4v) is 2.05. The Bertz CT molecular complexity index is 523. The first-order valence-electron chi connectivity index (χ1n) is 6.11. The third kappa shape index (κ3) is 6.35. The van der Waals surface area contributed by atoms with E-state index in [4.69, 9.17) is 5.14 Å². The lowest BCUT2D eigenvalue weighted by Gasteiger charge is -2.12. The van der Waals surface area contributed by atoms with Crippen molar-refractivity contribution >= 4 is 15.9 Å². The second-order valence-corrected chi connectivity index (χ2v) is 6.48. The van der Waals surface area contributed by atoms with E-state index in [9.17, 15) is 13.2 Å². The van der Waals surface area contributed by atoms with Crippen LogP contribution in [-0.4, -0.2) is 26.6 Å². The lowest BCUT2D eigenvalue weighted by Crippen LogP contribution is -2.35. The normalized spacial score (nSPS) is 13.0. The third-order valence-corrected chi connectivity index (χ3v) is 3.57. The molecule has 0 aromatic heterocycles. The number of sulfonamides is 1. The van der Waals surface area contributed by atoms with Crippen LogP contribution in [0, 0.1) is 12.8 Å². The quantitative estimate of drug-likeness (QED) is 0.800. The number of carbonyl (C=O) groups excluding carboxylic acids is 1. The van der Waals surface area contributed by atoms with Crippen LogP contribution in [0.5, 0.6) is 0 Å². The molecule has 0 saturated heterocycles. The van der Waals surface area contributed by atoms with E-state index in [-0.39, 0.29) is 24.1 Å². The molecule has 0 radical (unpaired) electrons. The zero-order chi connectivity index (χ0) is 14.5. The van der Waals surface area contributed by atoms with Crippen LogP contribution in [0.2, 0.25) is 0 Å². The van der Waals surface area contributed by atoms with E-state index in [1.165, 1.54) is 5.56 Å². The summed E-state index contributed by atoms with van der Waals surface area (Å²) in [5.74, 6) is -0.608. The molecule has 3 N–H and O–H groups in total. The number of nitrogens with one attached hydrogen (secondary N) is 1. The Morgan fingerprint density at radius 1 is 1.32 bits per heavy atom. The molecule has 1 atom stereocenters. The molecule has 19 heavy (non-hydrogen) atoms. The van der Waals surface area contributed by atoms with Gasteiger partial charge in [-0.1, -0.05) is 36.8 Å². The fourth-order valence-electron chi connectivity index (χ4n) is 1.66. The maximum Gasteiger partial charge on any atom is 0.223 e. The highest BCUT2D eigenvalue weighted by atomic mass is 32.2. The van der Waals surface area contributed by atoms with Crippen molar-refractivity contribution in [3.05, 3.63) is 35.4 Å².